The lowest BCUT2D eigenvalue weighted by molar-refractivity contribution is -0.117. The number of unbranched alkanes of at least 4 members (excludes halogenated alkanes) is 1. The molecule has 0 aliphatic rings. The van der Waals surface area contributed by atoms with Crippen LogP contribution in [0.25, 0.3) is 0 Å². The van der Waals surface area contributed by atoms with Gasteiger partial charge in [-0.15, -0.1) is 5.10 Å². The van der Waals surface area contributed by atoms with E-state index in [-0.39, 0.29) is 5.69 Å². The summed E-state index contributed by atoms with van der Waals surface area (Å²) in [6.45, 7) is 4.35. The molecule has 0 aliphatic carbocycles. The first-order valence-corrected chi connectivity index (χ1v) is 6.05. The van der Waals surface area contributed by atoms with E-state index in [4.69, 9.17) is 5.73 Å². The number of amides is 1. The topological polar surface area (TPSA) is 93.8 Å². The van der Waals surface area contributed by atoms with Crippen molar-refractivity contribution in [2.75, 3.05) is 0 Å². The van der Waals surface area contributed by atoms with Crippen LogP contribution in [-0.2, 0) is 11.3 Å². The van der Waals surface area contributed by atoms with Crippen molar-refractivity contribution in [3.05, 3.63) is 10.5 Å². The Morgan fingerprint density at radius 3 is 2.94 bits per heavy atom. The zero-order chi connectivity index (χ0) is 12.1. The summed E-state index contributed by atoms with van der Waals surface area (Å²) in [6.07, 6.45) is 1.89. The minimum Gasteiger partial charge on any atom is -0.369 e. The van der Waals surface area contributed by atoms with Gasteiger partial charge in [-0.1, -0.05) is 25.1 Å². The largest absolute Gasteiger partial charge is 0.369 e. The fourth-order valence-electron chi connectivity index (χ4n) is 1.12. The van der Waals surface area contributed by atoms with Crippen LogP contribution in [0.5, 0.6) is 0 Å². The van der Waals surface area contributed by atoms with Gasteiger partial charge < -0.3 is 5.73 Å². The first-order chi connectivity index (χ1) is 7.56. The molecule has 1 rings (SSSR count). The zero-order valence-electron chi connectivity index (χ0n) is 9.40. The Hall–Kier alpha value is -1.24. The predicted molar refractivity (Wildman–Crippen MR) is 62.3 cm³/mol. The minimum atomic E-state index is -0.414. The lowest BCUT2D eigenvalue weighted by Crippen LogP contribution is -2.24. The Morgan fingerprint density at radius 1 is 1.69 bits per heavy atom. The fraction of sp³-hybridized carbons (Fsp3) is 0.667. The smallest absolute Gasteiger partial charge is 0.343 e. The Bertz CT molecular complexity index is 412. The van der Waals surface area contributed by atoms with Gasteiger partial charge in [0.15, 0.2) is 5.16 Å². The molecule has 1 aromatic rings. The van der Waals surface area contributed by atoms with E-state index in [9.17, 15) is 9.59 Å². The summed E-state index contributed by atoms with van der Waals surface area (Å²) >= 11 is 1.20. The second-order valence-electron chi connectivity index (χ2n) is 3.48. The van der Waals surface area contributed by atoms with E-state index in [1.54, 1.807) is 6.92 Å². The summed E-state index contributed by atoms with van der Waals surface area (Å²) < 4.78 is 1.54. The highest BCUT2D eigenvalue weighted by Gasteiger charge is 2.16. The van der Waals surface area contributed by atoms with Gasteiger partial charge in [-0.3, -0.25) is 9.36 Å². The fourth-order valence-corrected chi connectivity index (χ4v) is 1.95. The number of H-pyrrole nitrogens is 1. The van der Waals surface area contributed by atoms with Crippen molar-refractivity contribution < 1.29 is 4.79 Å². The molecule has 3 N–H and O–H groups in total. The molecule has 0 aliphatic heterocycles. The standard InChI is InChI=1S/C9H16N4O2S/c1-3-4-5-13-8(15)11-12-9(13)16-6(2)7(10)14/h6H,3-5H2,1-2H3,(H2,10,14)(H,11,15)/t6-/m0/s1. The van der Waals surface area contributed by atoms with Gasteiger partial charge in [-0.25, -0.2) is 9.89 Å². The molecule has 1 atom stereocenters. The predicted octanol–water partition coefficient (Wildman–Crippen LogP) is 0.337. The van der Waals surface area contributed by atoms with Crippen LogP contribution in [-0.4, -0.2) is 25.9 Å². The van der Waals surface area contributed by atoms with Gasteiger partial charge in [-0.05, 0) is 13.3 Å². The van der Waals surface area contributed by atoms with Crippen molar-refractivity contribution in [1.29, 1.82) is 0 Å². The van der Waals surface area contributed by atoms with E-state index in [2.05, 4.69) is 10.2 Å². The maximum Gasteiger partial charge on any atom is 0.343 e. The van der Waals surface area contributed by atoms with E-state index in [0.29, 0.717) is 11.7 Å². The van der Waals surface area contributed by atoms with Gasteiger partial charge in [0.2, 0.25) is 5.91 Å². The average molecular weight is 244 g/mol. The highest BCUT2D eigenvalue weighted by atomic mass is 32.2. The molecule has 1 aromatic heterocycles. The van der Waals surface area contributed by atoms with Gasteiger partial charge >= 0.3 is 5.69 Å². The molecule has 0 radical (unpaired) electrons. The Morgan fingerprint density at radius 2 is 2.38 bits per heavy atom. The highest BCUT2D eigenvalue weighted by molar-refractivity contribution is 8.00. The number of aromatic nitrogens is 3. The number of primary amides is 1. The second-order valence-corrected chi connectivity index (χ2v) is 4.79. The first-order valence-electron chi connectivity index (χ1n) is 5.17. The Kier molecular flexibility index (Phi) is 4.60. The molecule has 1 heterocycles. The van der Waals surface area contributed by atoms with Gasteiger partial charge in [-0.2, -0.15) is 0 Å². The molecule has 0 fully saturated rings. The number of nitrogens with two attached hydrogens (primary N) is 1. The molecule has 16 heavy (non-hydrogen) atoms. The van der Waals surface area contributed by atoms with E-state index >= 15 is 0 Å². The van der Waals surface area contributed by atoms with Crippen LogP contribution in [0.4, 0.5) is 0 Å². The molecule has 0 bridgehead atoms. The van der Waals surface area contributed by atoms with Gasteiger partial charge in [0.05, 0.1) is 5.25 Å². The molecule has 90 valence electrons. The summed E-state index contributed by atoms with van der Waals surface area (Å²) in [5.74, 6) is -0.414. The van der Waals surface area contributed by atoms with Crippen LogP contribution < -0.4 is 11.4 Å². The lowest BCUT2D eigenvalue weighted by atomic mass is 10.3. The van der Waals surface area contributed by atoms with Crippen molar-refractivity contribution in [1.82, 2.24) is 14.8 Å². The quantitative estimate of drug-likeness (QED) is 0.705. The molecule has 0 saturated heterocycles. The van der Waals surface area contributed by atoms with E-state index < -0.39 is 11.2 Å². The van der Waals surface area contributed by atoms with E-state index in [1.165, 1.54) is 16.3 Å². The molecular formula is C9H16N4O2S. The number of hydrogen-bond donors (Lipinski definition) is 2. The van der Waals surface area contributed by atoms with Gasteiger partial charge in [0.25, 0.3) is 0 Å². The number of thioether (sulfide) groups is 1. The Labute approximate surface area is 97.6 Å². The molecule has 0 unspecified atom stereocenters. The summed E-state index contributed by atoms with van der Waals surface area (Å²) in [7, 11) is 0. The number of carbonyl (C=O) groups excluding carboxylic acids is 1. The number of nitrogens with zero attached hydrogens (tertiary/aromatic N) is 2. The van der Waals surface area contributed by atoms with Crippen LogP contribution in [0.15, 0.2) is 9.95 Å². The summed E-state index contributed by atoms with van der Waals surface area (Å²) in [4.78, 5) is 22.3. The monoisotopic (exact) mass is 244 g/mol. The minimum absolute atomic E-state index is 0.243. The molecule has 1 amide bonds. The molecular weight excluding hydrogens is 228 g/mol. The third-order valence-corrected chi connectivity index (χ3v) is 3.25. The van der Waals surface area contributed by atoms with Gasteiger partial charge in [0, 0.05) is 6.54 Å². The van der Waals surface area contributed by atoms with Crippen LogP contribution in [0.3, 0.4) is 0 Å². The molecule has 6 nitrogen and oxygen atoms in total. The number of aromatic amines is 1. The lowest BCUT2D eigenvalue weighted by Gasteiger charge is -2.07. The van der Waals surface area contributed by atoms with Crippen LogP contribution in [0.1, 0.15) is 26.7 Å². The number of hydrogen-bond acceptors (Lipinski definition) is 4. The van der Waals surface area contributed by atoms with Crippen molar-refractivity contribution in [3.63, 3.8) is 0 Å². The van der Waals surface area contributed by atoms with Crippen molar-refractivity contribution in [3.8, 4) is 0 Å². The van der Waals surface area contributed by atoms with Crippen LogP contribution in [0, 0.1) is 0 Å². The normalized spacial score (nSPS) is 12.6. The number of nitrogens with one attached hydrogen (secondary N) is 1. The van der Waals surface area contributed by atoms with Crippen molar-refractivity contribution in [2.45, 2.75) is 43.6 Å². The van der Waals surface area contributed by atoms with Crippen LogP contribution >= 0.6 is 11.8 Å². The maximum absolute atomic E-state index is 11.4. The third kappa shape index (κ3) is 3.13. The number of carbonyl (C=O) groups is 1. The summed E-state index contributed by atoms with van der Waals surface area (Å²) in [6, 6.07) is 0. The summed E-state index contributed by atoms with van der Waals surface area (Å²) in [5, 5.41) is 6.37. The second kappa shape index (κ2) is 5.74. The van der Waals surface area contributed by atoms with Crippen molar-refractivity contribution >= 4 is 17.7 Å². The van der Waals surface area contributed by atoms with Crippen LogP contribution in [0.2, 0.25) is 0 Å². The first kappa shape index (κ1) is 12.8. The van der Waals surface area contributed by atoms with E-state index in [1.807, 2.05) is 6.92 Å². The SMILES string of the molecule is CCCCn1c(S[C@@H](C)C(N)=O)n[nH]c1=O. The third-order valence-electron chi connectivity index (χ3n) is 2.14. The molecule has 0 saturated carbocycles. The Balaban J connectivity index is 2.79. The highest BCUT2D eigenvalue weighted by Crippen LogP contribution is 2.19. The zero-order valence-corrected chi connectivity index (χ0v) is 10.2. The van der Waals surface area contributed by atoms with E-state index in [0.717, 1.165) is 12.8 Å². The number of rotatable bonds is 6. The maximum atomic E-state index is 11.4. The molecule has 0 aromatic carbocycles. The average Bonchev–Trinajstić information content (AvgIpc) is 2.57. The molecule has 0 spiro atoms. The summed E-state index contributed by atoms with van der Waals surface area (Å²) in [5.41, 5.74) is 4.91. The molecule has 7 heteroatoms. The van der Waals surface area contributed by atoms with Gasteiger partial charge in [0.1, 0.15) is 0 Å². The van der Waals surface area contributed by atoms with Crippen molar-refractivity contribution in [2.24, 2.45) is 5.73 Å².